The minimum absolute atomic E-state index is 0.221. The Hall–Kier alpha value is -1.75. The van der Waals surface area contributed by atoms with Gasteiger partial charge in [0.15, 0.2) is 0 Å². The molecule has 27 heavy (non-hydrogen) atoms. The summed E-state index contributed by atoms with van der Waals surface area (Å²) < 4.78 is 0. The molecular formula is C21H25Cl2N3O. The minimum atomic E-state index is -0.221. The van der Waals surface area contributed by atoms with Crippen LogP contribution in [0.3, 0.4) is 0 Å². The van der Waals surface area contributed by atoms with E-state index in [1.165, 1.54) is 12.8 Å². The van der Waals surface area contributed by atoms with Gasteiger partial charge in [-0.1, -0.05) is 47.5 Å². The van der Waals surface area contributed by atoms with Gasteiger partial charge in [0.1, 0.15) is 0 Å². The lowest BCUT2D eigenvalue weighted by atomic mass is 10.1. The number of nitrogens with one attached hydrogen (secondary N) is 1. The maximum absolute atomic E-state index is 13.2. The molecule has 2 aromatic carbocycles. The zero-order chi connectivity index (χ0) is 19.4. The monoisotopic (exact) mass is 405 g/mol. The molecule has 0 spiro atoms. The molecule has 0 saturated carbocycles. The highest BCUT2D eigenvalue weighted by Crippen LogP contribution is 2.31. The van der Waals surface area contributed by atoms with Crippen LogP contribution in [0.2, 0.25) is 10.0 Å². The molecule has 0 aromatic heterocycles. The van der Waals surface area contributed by atoms with Crippen LogP contribution in [-0.4, -0.2) is 37.1 Å². The number of para-hydroxylation sites is 2. The predicted molar refractivity (Wildman–Crippen MR) is 114 cm³/mol. The summed E-state index contributed by atoms with van der Waals surface area (Å²) in [5.74, 6) is 0. The molecule has 1 aliphatic rings. The van der Waals surface area contributed by atoms with E-state index in [4.69, 9.17) is 23.2 Å². The highest BCUT2D eigenvalue weighted by atomic mass is 35.5. The highest BCUT2D eigenvalue weighted by molar-refractivity contribution is 6.35. The first-order valence-electron chi connectivity index (χ1n) is 9.28. The SMILES string of the molecule is Cc1cccc(Cl)c1NC(=O)N(CCN1CCCC1)c1c(C)cccc1Cl. The van der Waals surface area contributed by atoms with Crippen LogP contribution < -0.4 is 10.2 Å². The molecule has 3 rings (SSSR count). The molecule has 0 atom stereocenters. The van der Waals surface area contributed by atoms with Crippen LogP contribution in [0.1, 0.15) is 24.0 Å². The third kappa shape index (κ3) is 4.75. The fraction of sp³-hybridized carbons (Fsp3) is 0.381. The second kappa shape index (κ2) is 8.96. The number of likely N-dealkylation sites (tertiary alicyclic amines) is 1. The Morgan fingerprint density at radius 2 is 1.67 bits per heavy atom. The molecule has 1 N–H and O–H groups in total. The number of anilines is 2. The third-order valence-electron chi connectivity index (χ3n) is 5.00. The van der Waals surface area contributed by atoms with Crippen LogP contribution in [0, 0.1) is 13.8 Å². The van der Waals surface area contributed by atoms with Crippen LogP contribution in [-0.2, 0) is 0 Å². The standard InChI is InChI=1S/C21H25Cl2N3O/c1-15-7-5-9-17(22)19(15)24-21(27)26(14-13-25-11-3-4-12-25)20-16(2)8-6-10-18(20)23/h5-10H,3-4,11-14H2,1-2H3,(H,24,27). The first-order chi connectivity index (χ1) is 13.0. The van der Waals surface area contributed by atoms with E-state index >= 15 is 0 Å². The third-order valence-corrected chi connectivity index (χ3v) is 5.62. The van der Waals surface area contributed by atoms with Crippen molar-refractivity contribution in [3.05, 3.63) is 57.6 Å². The molecule has 0 radical (unpaired) electrons. The number of halogens is 2. The summed E-state index contributed by atoms with van der Waals surface area (Å²) in [5, 5.41) is 4.08. The van der Waals surface area contributed by atoms with Crippen molar-refractivity contribution in [3.63, 3.8) is 0 Å². The van der Waals surface area contributed by atoms with Crippen LogP contribution in [0.25, 0.3) is 0 Å². The number of carbonyl (C=O) groups excluding carboxylic acids is 1. The number of aryl methyl sites for hydroxylation is 2. The lowest BCUT2D eigenvalue weighted by molar-refractivity contribution is 0.255. The van der Waals surface area contributed by atoms with Crippen LogP contribution in [0.4, 0.5) is 16.2 Å². The summed E-state index contributed by atoms with van der Waals surface area (Å²) in [5.41, 5.74) is 3.28. The van der Waals surface area contributed by atoms with Crippen molar-refractivity contribution in [1.82, 2.24) is 4.90 Å². The Labute approximate surface area is 171 Å². The summed E-state index contributed by atoms with van der Waals surface area (Å²) in [6.45, 7) is 7.45. The second-order valence-electron chi connectivity index (χ2n) is 6.97. The van der Waals surface area contributed by atoms with Crippen LogP contribution in [0.5, 0.6) is 0 Å². The van der Waals surface area contributed by atoms with E-state index in [1.54, 1.807) is 11.0 Å². The molecule has 2 aromatic rings. The summed E-state index contributed by atoms with van der Waals surface area (Å²) in [6, 6.07) is 11.0. The molecular weight excluding hydrogens is 381 g/mol. The smallest absolute Gasteiger partial charge is 0.306 e. The molecule has 6 heteroatoms. The van der Waals surface area contributed by atoms with Gasteiger partial charge in [-0.3, -0.25) is 4.90 Å². The fourth-order valence-electron chi connectivity index (χ4n) is 3.49. The number of hydrogen-bond donors (Lipinski definition) is 1. The van der Waals surface area contributed by atoms with Crippen molar-refractivity contribution < 1.29 is 4.79 Å². The summed E-state index contributed by atoms with van der Waals surface area (Å²) in [7, 11) is 0. The van der Waals surface area contributed by atoms with Crippen LogP contribution >= 0.6 is 23.2 Å². The van der Waals surface area contributed by atoms with E-state index in [9.17, 15) is 4.79 Å². The van der Waals surface area contributed by atoms with E-state index in [2.05, 4.69) is 10.2 Å². The molecule has 0 unspecified atom stereocenters. The minimum Gasteiger partial charge on any atom is -0.306 e. The van der Waals surface area contributed by atoms with E-state index < -0.39 is 0 Å². The first-order valence-corrected chi connectivity index (χ1v) is 10.0. The van der Waals surface area contributed by atoms with E-state index in [1.807, 2.05) is 44.2 Å². The van der Waals surface area contributed by atoms with Crippen molar-refractivity contribution in [2.24, 2.45) is 0 Å². The number of benzene rings is 2. The molecule has 1 heterocycles. The Kier molecular flexibility index (Phi) is 6.64. The number of carbonyl (C=O) groups is 1. The summed E-state index contributed by atoms with van der Waals surface area (Å²) >= 11 is 12.8. The molecule has 144 valence electrons. The molecule has 4 nitrogen and oxygen atoms in total. The van der Waals surface area contributed by atoms with Gasteiger partial charge in [0, 0.05) is 13.1 Å². The average Bonchev–Trinajstić information content (AvgIpc) is 3.14. The largest absolute Gasteiger partial charge is 0.326 e. The van der Waals surface area contributed by atoms with Gasteiger partial charge < -0.3 is 10.2 Å². The average molecular weight is 406 g/mol. The van der Waals surface area contributed by atoms with Crippen molar-refractivity contribution in [3.8, 4) is 0 Å². The lowest BCUT2D eigenvalue weighted by Gasteiger charge is -2.28. The first kappa shape index (κ1) is 20.0. The van der Waals surface area contributed by atoms with Crippen molar-refractivity contribution in [1.29, 1.82) is 0 Å². The maximum Gasteiger partial charge on any atom is 0.326 e. The molecule has 1 saturated heterocycles. The van der Waals surface area contributed by atoms with E-state index in [0.29, 0.717) is 22.3 Å². The van der Waals surface area contributed by atoms with Gasteiger partial charge in [-0.05, 0) is 63.0 Å². The van der Waals surface area contributed by atoms with Crippen molar-refractivity contribution >= 4 is 40.6 Å². The van der Waals surface area contributed by atoms with Gasteiger partial charge >= 0.3 is 6.03 Å². The quantitative estimate of drug-likeness (QED) is 0.687. The Bertz CT molecular complexity index is 779. The Morgan fingerprint density at radius 3 is 2.30 bits per heavy atom. The number of urea groups is 1. The van der Waals surface area contributed by atoms with Gasteiger partial charge in [-0.15, -0.1) is 0 Å². The maximum atomic E-state index is 13.2. The Balaban J connectivity index is 1.87. The number of nitrogens with zero attached hydrogens (tertiary/aromatic N) is 2. The predicted octanol–water partition coefficient (Wildman–Crippen LogP) is 5.74. The normalized spacial score (nSPS) is 14.4. The highest BCUT2D eigenvalue weighted by Gasteiger charge is 2.23. The van der Waals surface area contributed by atoms with Gasteiger partial charge in [-0.2, -0.15) is 0 Å². The molecule has 1 fully saturated rings. The zero-order valence-corrected chi connectivity index (χ0v) is 17.3. The number of hydrogen-bond acceptors (Lipinski definition) is 2. The van der Waals surface area contributed by atoms with Gasteiger partial charge in [0.05, 0.1) is 21.4 Å². The van der Waals surface area contributed by atoms with Crippen molar-refractivity contribution in [2.75, 3.05) is 36.4 Å². The molecule has 0 bridgehead atoms. The lowest BCUT2D eigenvalue weighted by Crippen LogP contribution is -2.41. The fourth-order valence-corrected chi connectivity index (χ4v) is 4.09. The van der Waals surface area contributed by atoms with Gasteiger partial charge in [0.25, 0.3) is 0 Å². The second-order valence-corrected chi connectivity index (χ2v) is 7.78. The van der Waals surface area contributed by atoms with E-state index in [-0.39, 0.29) is 6.03 Å². The number of amides is 2. The topological polar surface area (TPSA) is 35.6 Å². The molecule has 2 amide bonds. The number of rotatable bonds is 5. The van der Waals surface area contributed by atoms with E-state index in [0.717, 1.165) is 36.4 Å². The summed E-state index contributed by atoms with van der Waals surface area (Å²) in [4.78, 5) is 17.3. The van der Waals surface area contributed by atoms with Gasteiger partial charge in [-0.25, -0.2) is 4.79 Å². The summed E-state index contributed by atoms with van der Waals surface area (Å²) in [6.07, 6.45) is 2.44. The molecule has 0 aliphatic carbocycles. The van der Waals surface area contributed by atoms with Crippen LogP contribution in [0.15, 0.2) is 36.4 Å². The molecule has 1 aliphatic heterocycles. The van der Waals surface area contributed by atoms with Gasteiger partial charge in [0.2, 0.25) is 0 Å². The Morgan fingerprint density at radius 1 is 1.04 bits per heavy atom. The van der Waals surface area contributed by atoms with Crippen molar-refractivity contribution in [2.45, 2.75) is 26.7 Å². The zero-order valence-electron chi connectivity index (χ0n) is 15.8.